The minimum atomic E-state index is -2.92. The fourth-order valence-electron chi connectivity index (χ4n) is 2.75. The van der Waals surface area contributed by atoms with Crippen molar-refractivity contribution in [2.24, 2.45) is 5.41 Å². The van der Waals surface area contributed by atoms with Crippen LogP contribution in [-0.2, 0) is 9.84 Å². The molecule has 2 aliphatic rings. The summed E-state index contributed by atoms with van der Waals surface area (Å²) in [6.45, 7) is 4.74. The standard InChI is InChI=1S/C11H21NO2S/c1-9(2)12-8-11(15(3,13)14)6-10(7-11)4-5-10/h9,12H,4-8H2,1-3H3. The van der Waals surface area contributed by atoms with Gasteiger partial charge in [-0.3, -0.25) is 0 Å². The second kappa shape index (κ2) is 3.20. The van der Waals surface area contributed by atoms with Gasteiger partial charge in [-0.25, -0.2) is 8.42 Å². The van der Waals surface area contributed by atoms with Crippen LogP contribution in [0.3, 0.4) is 0 Å². The predicted octanol–water partition coefficient (Wildman–Crippen LogP) is 1.34. The molecule has 3 nitrogen and oxygen atoms in total. The highest BCUT2D eigenvalue weighted by Crippen LogP contribution is 2.66. The van der Waals surface area contributed by atoms with E-state index in [1.165, 1.54) is 19.1 Å². The first-order chi connectivity index (χ1) is 6.79. The van der Waals surface area contributed by atoms with Gasteiger partial charge in [-0.05, 0) is 31.1 Å². The predicted molar refractivity (Wildman–Crippen MR) is 61.6 cm³/mol. The second-order valence-electron chi connectivity index (χ2n) is 5.84. The molecular formula is C11H21NO2S. The van der Waals surface area contributed by atoms with Gasteiger partial charge in [0.2, 0.25) is 0 Å². The number of nitrogens with one attached hydrogen (secondary N) is 1. The molecule has 0 bridgehead atoms. The quantitative estimate of drug-likeness (QED) is 0.794. The van der Waals surface area contributed by atoms with Crippen LogP contribution in [-0.4, -0.2) is 32.0 Å². The minimum Gasteiger partial charge on any atom is -0.313 e. The van der Waals surface area contributed by atoms with E-state index in [9.17, 15) is 8.42 Å². The number of hydrogen-bond acceptors (Lipinski definition) is 3. The Hall–Kier alpha value is -0.0900. The third kappa shape index (κ3) is 1.94. The van der Waals surface area contributed by atoms with Crippen molar-refractivity contribution >= 4 is 9.84 Å². The van der Waals surface area contributed by atoms with Gasteiger partial charge < -0.3 is 5.32 Å². The first-order valence-electron chi connectivity index (χ1n) is 5.72. The first-order valence-corrected chi connectivity index (χ1v) is 7.61. The van der Waals surface area contributed by atoms with Gasteiger partial charge in [-0.15, -0.1) is 0 Å². The van der Waals surface area contributed by atoms with Crippen LogP contribution in [0, 0.1) is 5.41 Å². The topological polar surface area (TPSA) is 46.2 Å². The summed E-state index contributed by atoms with van der Waals surface area (Å²) in [7, 11) is -2.92. The van der Waals surface area contributed by atoms with Crippen LogP contribution in [0.2, 0.25) is 0 Å². The van der Waals surface area contributed by atoms with E-state index in [0.29, 0.717) is 18.0 Å². The molecule has 0 heterocycles. The Labute approximate surface area is 92.6 Å². The second-order valence-corrected chi connectivity index (χ2v) is 8.25. The molecular weight excluding hydrogens is 210 g/mol. The lowest BCUT2D eigenvalue weighted by molar-refractivity contribution is 0.185. The summed E-state index contributed by atoms with van der Waals surface area (Å²) in [6.07, 6.45) is 5.65. The zero-order valence-electron chi connectivity index (χ0n) is 9.84. The Balaban J connectivity index is 2.05. The molecule has 0 atom stereocenters. The summed E-state index contributed by atoms with van der Waals surface area (Å²) < 4.78 is 23.2. The number of rotatable bonds is 4. The van der Waals surface area contributed by atoms with E-state index in [1.807, 2.05) is 0 Å². The molecule has 0 aromatic heterocycles. The summed E-state index contributed by atoms with van der Waals surface area (Å²) in [5, 5.41) is 3.28. The van der Waals surface area contributed by atoms with Crippen LogP contribution in [0.4, 0.5) is 0 Å². The van der Waals surface area contributed by atoms with Gasteiger partial charge in [0.05, 0.1) is 4.75 Å². The minimum absolute atomic E-state index is 0.361. The molecule has 0 unspecified atom stereocenters. The molecule has 15 heavy (non-hydrogen) atoms. The molecule has 2 rings (SSSR count). The van der Waals surface area contributed by atoms with Crippen LogP contribution < -0.4 is 5.32 Å². The van der Waals surface area contributed by atoms with E-state index in [-0.39, 0.29) is 0 Å². The lowest BCUT2D eigenvalue weighted by atomic mass is 9.71. The van der Waals surface area contributed by atoms with Crippen molar-refractivity contribution in [2.75, 3.05) is 12.8 Å². The molecule has 2 saturated carbocycles. The molecule has 0 saturated heterocycles. The SMILES string of the molecule is CC(C)NCC1(S(C)(=O)=O)CC2(CC2)C1. The fourth-order valence-corrected chi connectivity index (χ4v) is 4.24. The summed E-state index contributed by atoms with van der Waals surface area (Å²) >= 11 is 0. The normalized spacial score (nSPS) is 26.7. The summed E-state index contributed by atoms with van der Waals surface area (Å²) in [4.78, 5) is 0. The van der Waals surface area contributed by atoms with Gasteiger partial charge in [0.1, 0.15) is 0 Å². The van der Waals surface area contributed by atoms with Crippen molar-refractivity contribution in [3.63, 3.8) is 0 Å². The Bertz CT molecular complexity index is 347. The lowest BCUT2D eigenvalue weighted by Gasteiger charge is -2.47. The van der Waals surface area contributed by atoms with Crippen molar-refractivity contribution in [1.82, 2.24) is 5.32 Å². The molecule has 0 amide bonds. The average molecular weight is 231 g/mol. The van der Waals surface area contributed by atoms with E-state index in [4.69, 9.17) is 0 Å². The Morgan fingerprint density at radius 1 is 1.27 bits per heavy atom. The van der Waals surface area contributed by atoms with Gasteiger partial charge in [0.25, 0.3) is 0 Å². The molecule has 0 radical (unpaired) electrons. The molecule has 2 fully saturated rings. The molecule has 0 aromatic rings. The molecule has 1 N–H and O–H groups in total. The fraction of sp³-hybridized carbons (Fsp3) is 1.00. The van der Waals surface area contributed by atoms with E-state index in [0.717, 1.165) is 12.8 Å². The summed E-state index contributed by atoms with van der Waals surface area (Å²) in [6, 6.07) is 0.361. The number of sulfone groups is 1. The third-order valence-corrected chi connectivity index (χ3v) is 5.98. The molecule has 88 valence electrons. The molecule has 0 aliphatic heterocycles. The summed E-state index contributed by atoms with van der Waals surface area (Å²) in [5.74, 6) is 0. The Morgan fingerprint density at radius 3 is 2.13 bits per heavy atom. The molecule has 1 spiro atoms. The average Bonchev–Trinajstić information content (AvgIpc) is 2.74. The molecule has 4 heteroatoms. The van der Waals surface area contributed by atoms with Crippen molar-refractivity contribution in [3.8, 4) is 0 Å². The van der Waals surface area contributed by atoms with Crippen LogP contribution in [0.1, 0.15) is 39.5 Å². The van der Waals surface area contributed by atoms with Gasteiger partial charge in [-0.1, -0.05) is 13.8 Å². The zero-order chi connectivity index (χ0) is 11.3. The lowest BCUT2D eigenvalue weighted by Crippen LogP contribution is -2.57. The highest BCUT2D eigenvalue weighted by Gasteiger charge is 2.64. The number of hydrogen-bond donors (Lipinski definition) is 1. The zero-order valence-corrected chi connectivity index (χ0v) is 10.7. The smallest absolute Gasteiger partial charge is 0.154 e. The van der Waals surface area contributed by atoms with Crippen molar-refractivity contribution in [2.45, 2.75) is 50.3 Å². The highest BCUT2D eigenvalue weighted by molar-refractivity contribution is 7.92. The maximum Gasteiger partial charge on any atom is 0.154 e. The Morgan fingerprint density at radius 2 is 1.80 bits per heavy atom. The third-order valence-electron chi connectivity index (χ3n) is 3.97. The van der Waals surface area contributed by atoms with Crippen molar-refractivity contribution < 1.29 is 8.42 Å². The first kappa shape index (κ1) is 11.4. The van der Waals surface area contributed by atoms with Gasteiger partial charge in [-0.2, -0.15) is 0 Å². The van der Waals surface area contributed by atoms with Crippen LogP contribution in [0.25, 0.3) is 0 Å². The largest absolute Gasteiger partial charge is 0.313 e. The maximum absolute atomic E-state index is 11.8. The van der Waals surface area contributed by atoms with E-state index < -0.39 is 14.6 Å². The highest BCUT2D eigenvalue weighted by atomic mass is 32.2. The van der Waals surface area contributed by atoms with Crippen molar-refractivity contribution in [1.29, 1.82) is 0 Å². The monoisotopic (exact) mass is 231 g/mol. The van der Waals surface area contributed by atoms with E-state index >= 15 is 0 Å². The van der Waals surface area contributed by atoms with Gasteiger partial charge >= 0.3 is 0 Å². The van der Waals surface area contributed by atoms with E-state index in [1.54, 1.807) is 0 Å². The molecule has 0 aromatic carbocycles. The van der Waals surface area contributed by atoms with Gasteiger partial charge in [0, 0.05) is 18.8 Å². The van der Waals surface area contributed by atoms with Gasteiger partial charge in [0.15, 0.2) is 9.84 Å². The van der Waals surface area contributed by atoms with Crippen molar-refractivity contribution in [3.05, 3.63) is 0 Å². The molecule has 2 aliphatic carbocycles. The van der Waals surface area contributed by atoms with Crippen LogP contribution in [0.5, 0.6) is 0 Å². The van der Waals surface area contributed by atoms with Crippen LogP contribution >= 0.6 is 0 Å². The Kier molecular flexibility index (Phi) is 2.43. The summed E-state index contributed by atoms with van der Waals surface area (Å²) in [5.41, 5.74) is 0.432. The van der Waals surface area contributed by atoms with Crippen LogP contribution in [0.15, 0.2) is 0 Å². The maximum atomic E-state index is 11.8. The van der Waals surface area contributed by atoms with E-state index in [2.05, 4.69) is 19.2 Å².